The summed E-state index contributed by atoms with van der Waals surface area (Å²) >= 11 is 6.19. The number of nitrogens with zero attached hydrogens (tertiary/aromatic N) is 1. The Hall–Kier alpha value is -0.570. The molecule has 0 aromatic heterocycles. The van der Waals surface area contributed by atoms with Crippen LogP contribution in [0.1, 0.15) is 37.7 Å². The fourth-order valence-electron chi connectivity index (χ4n) is 4.18. The first-order valence-electron chi connectivity index (χ1n) is 7.76. The lowest BCUT2D eigenvalue weighted by molar-refractivity contribution is 0.0253. The molecule has 0 amide bonds. The van der Waals surface area contributed by atoms with Crippen LogP contribution in [0.15, 0.2) is 24.3 Å². The zero-order chi connectivity index (χ0) is 14.1. The van der Waals surface area contributed by atoms with Gasteiger partial charge in [-0.2, -0.15) is 0 Å². The smallest absolute Gasteiger partial charge is 0.0514 e. The molecule has 1 aromatic rings. The molecule has 2 aliphatic rings. The molecule has 0 N–H and O–H groups in total. The van der Waals surface area contributed by atoms with Crippen molar-refractivity contribution in [1.29, 1.82) is 0 Å². The average molecular weight is 294 g/mol. The van der Waals surface area contributed by atoms with E-state index in [0.717, 1.165) is 24.3 Å². The number of hydrogen-bond acceptors (Lipinski definition) is 2. The van der Waals surface area contributed by atoms with Gasteiger partial charge in [0, 0.05) is 29.6 Å². The first-order chi connectivity index (χ1) is 9.70. The monoisotopic (exact) mass is 293 g/mol. The SMILES string of the molecule is CCOC[C@@H]1[C@@H](c2cccc(Cl)c2)CC2CC[C@H]1N2C. The summed E-state index contributed by atoms with van der Waals surface area (Å²) in [6.07, 6.45) is 3.89. The second kappa shape index (κ2) is 6.05. The molecule has 2 saturated heterocycles. The molecule has 1 aromatic carbocycles. The molecular formula is C17H24ClNO. The van der Waals surface area contributed by atoms with Crippen molar-refractivity contribution < 1.29 is 4.74 Å². The third kappa shape index (κ3) is 2.61. The van der Waals surface area contributed by atoms with E-state index in [-0.39, 0.29) is 0 Å². The summed E-state index contributed by atoms with van der Waals surface area (Å²) in [4.78, 5) is 2.59. The third-order valence-electron chi connectivity index (χ3n) is 5.22. The summed E-state index contributed by atoms with van der Waals surface area (Å²) in [5.41, 5.74) is 1.40. The minimum Gasteiger partial charge on any atom is -0.381 e. The second-order valence-corrected chi connectivity index (χ2v) is 6.62. The fraction of sp³-hybridized carbons (Fsp3) is 0.647. The summed E-state index contributed by atoms with van der Waals surface area (Å²) < 4.78 is 5.79. The van der Waals surface area contributed by atoms with E-state index in [1.807, 2.05) is 6.07 Å². The number of piperidine rings is 1. The molecule has 0 spiro atoms. The molecule has 2 bridgehead atoms. The molecule has 0 saturated carbocycles. The molecule has 2 aliphatic heterocycles. The number of benzene rings is 1. The molecule has 0 aliphatic carbocycles. The standard InChI is InChI=1S/C17H24ClNO/c1-3-20-11-16-15(12-5-4-6-13(18)9-12)10-14-7-8-17(16)19(14)2/h4-6,9,14-17H,3,7-8,10-11H2,1-2H3/t14?,15-,16-,17-/m1/s1. The highest BCUT2D eigenvalue weighted by Crippen LogP contribution is 2.46. The lowest BCUT2D eigenvalue weighted by atomic mass is 9.76. The molecule has 3 rings (SSSR count). The van der Waals surface area contributed by atoms with Crippen LogP contribution in [0.4, 0.5) is 0 Å². The summed E-state index contributed by atoms with van der Waals surface area (Å²) in [5.74, 6) is 1.19. The highest BCUT2D eigenvalue weighted by molar-refractivity contribution is 6.30. The molecule has 4 atom stereocenters. The Balaban J connectivity index is 1.87. The van der Waals surface area contributed by atoms with Gasteiger partial charge >= 0.3 is 0 Å². The van der Waals surface area contributed by atoms with E-state index in [1.54, 1.807) is 0 Å². The second-order valence-electron chi connectivity index (χ2n) is 6.18. The molecule has 3 heteroatoms. The normalized spacial score (nSPS) is 33.5. The van der Waals surface area contributed by atoms with Gasteiger partial charge in [0.25, 0.3) is 0 Å². The van der Waals surface area contributed by atoms with Crippen molar-refractivity contribution in [2.75, 3.05) is 20.3 Å². The molecular weight excluding hydrogens is 270 g/mol. The van der Waals surface area contributed by atoms with E-state index >= 15 is 0 Å². The summed E-state index contributed by atoms with van der Waals surface area (Å²) in [5, 5.41) is 0.851. The van der Waals surface area contributed by atoms with Crippen molar-refractivity contribution in [3.63, 3.8) is 0 Å². The van der Waals surface area contributed by atoms with Crippen molar-refractivity contribution in [1.82, 2.24) is 4.90 Å². The minimum absolute atomic E-state index is 0.592. The van der Waals surface area contributed by atoms with Crippen LogP contribution in [0.3, 0.4) is 0 Å². The van der Waals surface area contributed by atoms with Gasteiger partial charge in [0.2, 0.25) is 0 Å². The Labute approximate surface area is 127 Å². The van der Waals surface area contributed by atoms with Gasteiger partial charge in [-0.15, -0.1) is 0 Å². The predicted molar refractivity (Wildman–Crippen MR) is 83.4 cm³/mol. The molecule has 2 nitrogen and oxygen atoms in total. The van der Waals surface area contributed by atoms with Crippen LogP contribution in [-0.2, 0) is 4.74 Å². The van der Waals surface area contributed by atoms with Gasteiger partial charge in [0.15, 0.2) is 0 Å². The maximum atomic E-state index is 6.19. The molecule has 0 radical (unpaired) electrons. The van der Waals surface area contributed by atoms with Crippen molar-refractivity contribution in [2.24, 2.45) is 5.92 Å². The van der Waals surface area contributed by atoms with E-state index in [4.69, 9.17) is 16.3 Å². The number of hydrogen-bond donors (Lipinski definition) is 0. The Bertz CT molecular complexity index is 464. The summed E-state index contributed by atoms with van der Waals surface area (Å²) in [7, 11) is 2.29. The van der Waals surface area contributed by atoms with Crippen LogP contribution >= 0.6 is 11.6 Å². The number of fused-ring (bicyclic) bond motifs is 2. The van der Waals surface area contributed by atoms with Gasteiger partial charge in [-0.1, -0.05) is 23.7 Å². The zero-order valence-corrected chi connectivity index (χ0v) is 13.1. The average Bonchev–Trinajstić information content (AvgIpc) is 2.70. The van der Waals surface area contributed by atoms with Gasteiger partial charge in [-0.3, -0.25) is 0 Å². The Morgan fingerprint density at radius 2 is 2.20 bits per heavy atom. The van der Waals surface area contributed by atoms with E-state index in [1.165, 1.54) is 24.8 Å². The highest BCUT2D eigenvalue weighted by atomic mass is 35.5. The van der Waals surface area contributed by atoms with Gasteiger partial charge in [0.1, 0.15) is 0 Å². The number of rotatable bonds is 4. The Morgan fingerprint density at radius 1 is 1.35 bits per heavy atom. The minimum atomic E-state index is 0.592. The molecule has 1 unspecified atom stereocenters. The maximum absolute atomic E-state index is 6.19. The van der Waals surface area contributed by atoms with Gasteiger partial charge < -0.3 is 9.64 Å². The number of ether oxygens (including phenoxy) is 1. The summed E-state index contributed by atoms with van der Waals surface area (Å²) in [6, 6.07) is 9.84. The quantitative estimate of drug-likeness (QED) is 0.834. The lowest BCUT2D eigenvalue weighted by Crippen LogP contribution is -2.47. The Kier molecular flexibility index (Phi) is 4.34. The van der Waals surface area contributed by atoms with E-state index < -0.39 is 0 Å². The lowest BCUT2D eigenvalue weighted by Gasteiger charge is -2.43. The summed E-state index contributed by atoms with van der Waals surface area (Å²) in [6.45, 7) is 3.76. The maximum Gasteiger partial charge on any atom is 0.0514 e. The van der Waals surface area contributed by atoms with Gasteiger partial charge in [-0.25, -0.2) is 0 Å². The molecule has 2 fully saturated rings. The predicted octanol–water partition coefficient (Wildman–Crippen LogP) is 3.94. The van der Waals surface area contributed by atoms with Crippen molar-refractivity contribution in [2.45, 2.75) is 44.2 Å². The van der Waals surface area contributed by atoms with Gasteiger partial charge in [0.05, 0.1) is 6.61 Å². The molecule has 110 valence electrons. The first kappa shape index (κ1) is 14.4. The Morgan fingerprint density at radius 3 is 2.95 bits per heavy atom. The van der Waals surface area contributed by atoms with Crippen molar-refractivity contribution >= 4 is 11.6 Å². The largest absolute Gasteiger partial charge is 0.381 e. The van der Waals surface area contributed by atoms with Gasteiger partial charge in [-0.05, 0) is 56.8 Å². The number of halogens is 1. The van der Waals surface area contributed by atoms with Crippen LogP contribution < -0.4 is 0 Å². The van der Waals surface area contributed by atoms with Crippen LogP contribution in [0.25, 0.3) is 0 Å². The molecule has 20 heavy (non-hydrogen) atoms. The highest BCUT2D eigenvalue weighted by Gasteiger charge is 2.45. The van der Waals surface area contributed by atoms with E-state index in [0.29, 0.717) is 17.9 Å². The fourth-order valence-corrected chi connectivity index (χ4v) is 4.38. The molecule has 2 heterocycles. The third-order valence-corrected chi connectivity index (χ3v) is 5.46. The van der Waals surface area contributed by atoms with E-state index in [9.17, 15) is 0 Å². The van der Waals surface area contributed by atoms with Crippen LogP contribution in [0.5, 0.6) is 0 Å². The van der Waals surface area contributed by atoms with Crippen molar-refractivity contribution in [3.05, 3.63) is 34.9 Å². The van der Waals surface area contributed by atoms with Crippen LogP contribution in [-0.4, -0.2) is 37.2 Å². The zero-order valence-electron chi connectivity index (χ0n) is 12.4. The van der Waals surface area contributed by atoms with E-state index in [2.05, 4.69) is 37.1 Å². The topological polar surface area (TPSA) is 12.5 Å². The van der Waals surface area contributed by atoms with Crippen molar-refractivity contribution in [3.8, 4) is 0 Å². The van der Waals surface area contributed by atoms with Crippen LogP contribution in [0.2, 0.25) is 5.02 Å². The van der Waals surface area contributed by atoms with Crippen LogP contribution in [0, 0.1) is 5.92 Å². The first-order valence-corrected chi connectivity index (χ1v) is 8.13.